The molecular weight excluding hydrogens is 316 g/mol. The maximum Gasteiger partial charge on any atom is 0.282 e. The molecule has 0 radical (unpaired) electrons. The third kappa shape index (κ3) is 2.73. The minimum atomic E-state index is -0.204. The van der Waals surface area contributed by atoms with Crippen LogP contribution >= 0.6 is 0 Å². The molecule has 1 amide bonds. The maximum atomic E-state index is 13.0. The Morgan fingerprint density at radius 2 is 1.76 bits per heavy atom. The number of aryl methyl sites for hydroxylation is 1. The van der Waals surface area contributed by atoms with Crippen LogP contribution in [0.2, 0.25) is 0 Å². The van der Waals surface area contributed by atoms with Gasteiger partial charge in [0.25, 0.3) is 11.5 Å². The van der Waals surface area contributed by atoms with E-state index in [-0.39, 0.29) is 11.5 Å². The van der Waals surface area contributed by atoms with Gasteiger partial charge >= 0.3 is 0 Å². The highest BCUT2D eigenvalue weighted by molar-refractivity contribution is 6.00. The van der Waals surface area contributed by atoms with Gasteiger partial charge in [-0.2, -0.15) is 9.78 Å². The number of carbonyl (C=O) groups excluding carboxylic acids is 1. The molecule has 0 atom stereocenters. The number of nitrogens with zero attached hydrogens (tertiary/aromatic N) is 4. The average Bonchev–Trinajstić information content (AvgIpc) is 2.99. The van der Waals surface area contributed by atoms with Crippen molar-refractivity contribution >= 4 is 5.91 Å². The number of likely N-dealkylation sites (tertiary alicyclic amines) is 1. The lowest BCUT2D eigenvalue weighted by atomic mass is 10.1. The highest BCUT2D eigenvalue weighted by Crippen LogP contribution is 2.24. The molecule has 128 valence electrons. The number of hydrogen-bond acceptors (Lipinski definition) is 3. The molecule has 3 aliphatic heterocycles. The average molecular weight is 336 g/mol. The molecular formula is C19H20N4O2. The second-order valence-electron chi connectivity index (χ2n) is 6.50. The fraction of sp³-hybridized carbons (Fsp3) is 0.316. The number of benzene rings is 1. The van der Waals surface area contributed by atoms with Crippen molar-refractivity contribution in [2.75, 3.05) is 13.1 Å². The number of aromatic nitrogens is 3. The van der Waals surface area contributed by atoms with E-state index in [9.17, 15) is 9.59 Å². The molecule has 3 aliphatic rings. The van der Waals surface area contributed by atoms with Gasteiger partial charge < -0.3 is 9.47 Å². The van der Waals surface area contributed by atoms with Crippen LogP contribution in [0.3, 0.4) is 0 Å². The van der Waals surface area contributed by atoms with E-state index < -0.39 is 0 Å². The van der Waals surface area contributed by atoms with Crippen LogP contribution in [-0.4, -0.2) is 38.2 Å². The molecule has 25 heavy (non-hydrogen) atoms. The Morgan fingerprint density at radius 1 is 1.04 bits per heavy atom. The van der Waals surface area contributed by atoms with Gasteiger partial charge in [-0.25, -0.2) is 0 Å². The zero-order valence-corrected chi connectivity index (χ0v) is 14.2. The first-order valence-corrected chi connectivity index (χ1v) is 8.59. The molecule has 0 aliphatic carbocycles. The maximum absolute atomic E-state index is 13.0. The van der Waals surface area contributed by atoms with Gasteiger partial charge in [-0.15, -0.1) is 0 Å². The van der Waals surface area contributed by atoms with Crippen molar-refractivity contribution in [3.63, 3.8) is 0 Å². The Hall–Kier alpha value is -2.89. The SMILES string of the molecule is Cn1cc(C(=O)N2CCCCC2)c2nn(-c3ccccc3)c(=O)c-2c1. The summed E-state index contributed by atoms with van der Waals surface area (Å²) in [5.41, 5.74) is 1.93. The number of amides is 1. The van der Waals surface area contributed by atoms with Crippen LogP contribution in [-0.2, 0) is 7.05 Å². The molecule has 0 saturated carbocycles. The highest BCUT2D eigenvalue weighted by atomic mass is 16.2. The van der Waals surface area contributed by atoms with E-state index >= 15 is 0 Å². The lowest BCUT2D eigenvalue weighted by Crippen LogP contribution is -2.36. The first-order chi connectivity index (χ1) is 12.1. The molecule has 0 N–H and O–H groups in total. The molecule has 1 fully saturated rings. The fourth-order valence-electron chi connectivity index (χ4n) is 3.40. The summed E-state index contributed by atoms with van der Waals surface area (Å²) in [6.45, 7) is 1.53. The zero-order chi connectivity index (χ0) is 17.4. The van der Waals surface area contributed by atoms with E-state index in [4.69, 9.17) is 0 Å². The molecule has 0 unspecified atom stereocenters. The second-order valence-corrected chi connectivity index (χ2v) is 6.50. The van der Waals surface area contributed by atoms with E-state index in [2.05, 4.69) is 5.10 Å². The summed E-state index contributed by atoms with van der Waals surface area (Å²) in [7, 11) is 1.83. The van der Waals surface area contributed by atoms with E-state index in [0.29, 0.717) is 22.5 Å². The third-order valence-corrected chi connectivity index (χ3v) is 4.67. The minimum Gasteiger partial charge on any atom is -0.356 e. The van der Waals surface area contributed by atoms with Crippen molar-refractivity contribution in [3.05, 3.63) is 58.6 Å². The van der Waals surface area contributed by atoms with Gasteiger partial charge in [0.1, 0.15) is 5.69 Å². The summed E-state index contributed by atoms with van der Waals surface area (Å²) >= 11 is 0. The lowest BCUT2D eigenvalue weighted by Gasteiger charge is -2.27. The largest absolute Gasteiger partial charge is 0.356 e. The number of carbonyl (C=O) groups is 1. The van der Waals surface area contributed by atoms with Crippen LogP contribution in [0.4, 0.5) is 0 Å². The number of pyridine rings is 1. The van der Waals surface area contributed by atoms with Crippen LogP contribution in [0.15, 0.2) is 47.5 Å². The molecule has 0 bridgehead atoms. The molecule has 0 aromatic heterocycles. The van der Waals surface area contributed by atoms with E-state index in [0.717, 1.165) is 32.4 Å². The van der Waals surface area contributed by atoms with Crippen molar-refractivity contribution < 1.29 is 4.79 Å². The summed E-state index contributed by atoms with van der Waals surface area (Å²) < 4.78 is 3.13. The standard InChI is InChI=1S/C19H20N4O2/c1-21-12-15(18(24)22-10-6-3-7-11-22)17-16(13-21)19(25)23(20-17)14-8-4-2-5-9-14/h2,4-5,8-9,12-13H,3,6-7,10-11H2,1H3. The monoisotopic (exact) mass is 336 g/mol. The van der Waals surface area contributed by atoms with E-state index in [1.54, 1.807) is 17.0 Å². The molecule has 6 heteroatoms. The molecule has 3 heterocycles. The van der Waals surface area contributed by atoms with Crippen molar-refractivity contribution in [2.45, 2.75) is 19.3 Å². The fourth-order valence-corrected chi connectivity index (χ4v) is 3.40. The molecule has 1 aromatic rings. The van der Waals surface area contributed by atoms with Crippen molar-refractivity contribution in [3.8, 4) is 16.9 Å². The van der Waals surface area contributed by atoms with Crippen molar-refractivity contribution in [1.29, 1.82) is 0 Å². The molecule has 6 nitrogen and oxygen atoms in total. The first-order valence-electron chi connectivity index (χ1n) is 8.59. The predicted octanol–water partition coefficient (Wildman–Crippen LogP) is 2.30. The Balaban J connectivity index is 1.85. The Morgan fingerprint density at radius 3 is 2.48 bits per heavy atom. The van der Waals surface area contributed by atoms with E-state index in [1.165, 1.54) is 4.68 Å². The third-order valence-electron chi connectivity index (χ3n) is 4.67. The van der Waals surface area contributed by atoms with Crippen LogP contribution in [0.1, 0.15) is 29.6 Å². The lowest BCUT2D eigenvalue weighted by molar-refractivity contribution is 0.0724. The zero-order valence-electron chi connectivity index (χ0n) is 14.2. The second kappa shape index (κ2) is 6.20. The number of fused-ring (bicyclic) bond motifs is 1. The molecule has 1 aromatic carbocycles. The van der Waals surface area contributed by atoms with Gasteiger partial charge in [0.05, 0.1) is 16.8 Å². The number of para-hydroxylation sites is 1. The van der Waals surface area contributed by atoms with Gasteiger partial charge in [0.15, 0.2) is 0 Å². The van der Waals surface area contributed by atoms with Crippen molar-refractivity contribution in [2.24, 2.45) is 7.05 Å². The summed E-state index contributed by atoms with van der Waals surface area (Å²) in [5.74, 6) is -0.0430. The summed E-state index contributed by atoms with van der Waals surface area (Å²) in [6, 6.07) is 9.28. The Bertz CT molecular complexity index is 936. The minimum absolute atomic E-state index is 0.0430. The number of hydrogen-bond donors (Lipinski definition) is 0. The first kappa shape index (κ1) is 15.6. The van der Waals surface area contributed by atoms with Crippen LogP contribution in [0.25, 0.3) is 16.9 Å². The predicted molar refractivity (Wildman–Crippen MR) is 95.2 cm³/mol. The molecule has 1 saturated heterocycles. The van der Waals surface area contributed by atoms with Gasteiger partial charge in [-0.1, -0.05) is 18.2 Å². The number of rotatable bonds is 2. The molecule has 0 spiro atoms. The summed E-state index contributed by atoms with van der Waals surface area (Å²) in [4.78, 5) is 27.6. The van der Waals surface area contributed by atoms with Crippen LogP contribution < -0.4 is 5.56 Å². The van der Waals surface area contributed by atoms with Crippen LogP contribution in [0, 0.1) is 0 Å². The normalized spacial score (nSPS) is 14.8. The summed E-state index contributed by atoms with van der Waals surface area (Å²) in [5, 5.41) is 4.48. The topological polar surface area (TPSA) is 60.1 Å². The smallest absolute Gasteiger partial charge is 0.282 e. The van der Waals surface area contributed by atoms with Gasteiger partial charge in [0.2, 0.25) is 0 Å². The Kier molecular flexibility index (Phi) is 3.87. The van der Waals surface area contributed by atoms with Gasteiger partial charge in [-0.05, 0) is 31.4 Å². The summed E-state index contributed by atoms with van der Waals surface area (Å²) in [6.07, 6.45) is 6.71. The highest BCUT2D eigenvalue weighted by Gasteiger charge is 2.27. The van der Waals surface area contributed by atoms with Gasteiger partial charge in [-0.3, -0.25) is 9.59 Å². The quantitative estimate of drug-likeness (QED) is 0.721. The number of piperidine rings is 1. The van der Waals surface area contributed by atoms with Crippen molar-refractivity contribution in [1.82, 2.24) is 19.2 Å². The van der Waals surface area contributed by atoms with E-state index in [1.807, 2.05) is 42.3 Å². The Labute approximate surface area is 145 Å². The van der Waals surface area contributed by atoms with Gasteiger partial charge in [0, 0.05) is 32.5 Å². The molecule has 4 rings (SSSR count). The van der Waals surface area contributed by atoms with Crippen LogP contribution in [0.5, 0.6) is 0 Å².